The van der Waals surface area contributed by atoms with Gasteiger partial charge in [0.1, 0.15) is 11.4 Å². The summed E-state index contributed by atoms with van der Waals surface area (Å²) in [6.07, 6.45) is 3.54. The van der Waals surface area contributed by atoms with Crippen molar-refractivity contribution in [1.82, 2.24) is 20.5 Å². The zero-order chi connectivity index (χ0) is 35.6. The molecule has 2 fully saturated rings. The van der Waals surface area contributed by atoms with Gasteiger partial charge in [0.15, 0.2) is 44.3 Å². The highest BCUT2D eigenvalue weighted by Gasteiger charge is 2.72. The number of aliphatic hydroxyl groups excluding tert-OH is 2. The molecule has 0 aliphatic carbocycles. The lowest BCUT2D eigenvalue weighted by atomic mass is 9.94. The number of carbonyl (C=O) groups excluding carboxylic acids is 3. The summed E-state index contributed by atoms with van der Waals surface area (Å²) in [7, 11) is -4.54. The maximum absolute atomic E-state index is 13.8. The number of rotatable bonds is 11. The molecule has 0 bridgehead atoms. The second kappa shape index (κ2) is 13.5. The number of nitrogens with one attached hydrogen (secondary N) is 2. The Morgan fingerprint density at radius 2 is 1.79 bits per heavy atom. The van der Waals surface area contributed by atoms with Crippen molar-refractivity contribution in [1.29, 1.82) is 0 Å². The summed E-state index contributed by atoms with van der Waals surface area (Å²) in [6.45, 7) is 4.90. The van der Waals surface area contributed by atoms with Crippen molar-refractivity contribution >= 4 is 39.8 Å². The molecule has 0 spiro atoms. The average Bonchev–Trinajstić information content (AvgIpc) is 3.21. The maximum Gasteiger partial charge on any atom is 0.407 e. The number of β-lactam (4-membered cyclic amide) rings is 1. The number of phenols is 2. The van der Waals surface area contributed by atoms with Gasteiger partial charge in [-0.15, -0.1) is 0 Å². The number of aliphatic hydroxyl groups is 2. The smallest absolute Gasteiger partial charge is 0.407 e. The van der Waals surface area contributed by atoms with Crippen LogP contribution in [0.15, 0.2) is 77.9 Å². The number of hydrogen-bond donors (Lipinski definition) is 7. The average molecular weight is 685 g/mol. The van der Waals surface area contributed by atoms with Crippen molar-refractivity contribution in [3.8, 4) is 11.5 Å². The minimum atomic E-state index is -4.54. The lowest BCUT2D eigenvalue weighted by Gasteiger charge is -2.37. The minimum Gasteiger partial charge on any atom is -0.504 e. The van der Waals surface area contributed by atoms with E-state index in [1.807, 2.05) is 0 Å². The number of benzene rings is 1. The highest BCUT2D eigenvalue weighted by molar-refractivity contribution is 7.94. The Bertz CT molecular complexity index is 1900. The van der Waals surface area contributed by atoms with Gasteiger partial charge in [0.25, 0.3) is 11.8 Å². The van der Waals surface area contributed by atoms with Gasteiger partial charge in [0.2, 0.25) is 0 Å². The molecule has 2 aromatic rings. The molecule has 0 saturated carbocycles. The number of alkyl carbamates (subject to hydrolysis) is 1. The summed E-state index contributed by atoms with van der Waals surface area (Å²) in [5, 5.41) is 51.5. The van der Waals surface area contributed by atoms with Crippen molar-refractivity contribution in [2.24, 2.45) is 0 Å². The summed E-state index contributed by atoms with van der Waals surface area (Å²) in [6, 6.07) is 4.77. The van der Waals surface area contributed by atoms with E-state index in [9.17, 15) is 53.1 Å². The lowest BCUT2D eigenvalue weighted by molar-refractivity contribution is -0.153. The van der Waals surface area contributed by atoms with Crippen LogP contribution >= 0.6 is 0 Å². The van der Waals surface area contributed by atoms with Gasteiger partial charge in [0.05, 0.1) is 11.3 Å². The molecule has 7 N–H and O–H groups in total. The van der Waals surface area contributed by atoms with Gasteiger partial charge in [-0.25, -0.2) is 18.0 Å². The quantitative estimate of drug-likeness (QED) is 0.0587. The first-order valence-corrected chi connectivity index (χ1v) is 15.7. The Hall–Kier alpha value is -5.84. The van der Waals surface area contributed by atoms with Gasteiger partial charge in [0, 0.05) is 24.8 Å². The van der Waals surface area contributed by atoms with Crippen LogP contribution in [-0.2, 0) is 30.7 Å². The fourth-order valence-corrected chi connectivity index (χ4v) is 7.37. The Labute approximate surface area is 273 Å². The van der Waals surface area contributed by atoms with Crippen LogP contribution < -0.4 is 10.6 Å². The molecular weight excluding hydrogens is 652 g/mol. The van der Waals surface area contributed by atoms with Gasteiger partial charge in [-0.3, -0.25) is 14.6 Å². The highest BCUT2D eigenvalue weighted by atomic mass is 32.2. The van der Waals surface area contributed by atoms with Crippen LogP contribution in [0.25, 0.3) is 6.08 Å². The van der Waals surface area contributed by atoms with Crippen molar-refractivity contribution < 1.29 is 57.9 Å². The Morgan fingerprint density at radius 1 is 1.08 bits per heavy atom. The van der Waals surface area contributed by atoms with Gasteiger partial charge in [-0.1, -0.05) is 12.6 Å². The number of nitrogens with zero attached hydrogens (tertiary/aromatic N) is 2. The summed E-state index contributed by atoms with van der Waals surface area (Å²) in [4.78, 5) is 55.3. The van der Waals surface area contributed by atoms with E-state index >= 15 is 0 Å². The number of carbonyl (C=O) groups is 4. The topological polar surface area (TPSA) is 253 Å². The molecular formula is C31H32N4O12S. The highest BCUT2D eigenvalue weighted by Crippen LogP contribution is 2.49. The maximum atomic E-state index is 13.8. The molecule has 3 atom stereocenters. The molecule has 2 saturated heterocycles. The largest absolute Gasteiger partial charge is 0.504 e. The zero-order valence-corrected chi connectivity index (χ0v) is 26.4. The predicted molar refractivity (Wildman–Crippen MR) is 168 cm³/mol. The SMILES string of the molecule is C=C(/C=C(O)\C(O)=C/C)CNC(=O)OC[C@@]1(C)[C@H](C(=O)O)N2C(=O)/C(=C/c3cc(C(=O)NCc4ccc(O)c(O)c4)ccn3)[C@H]2S1(=O)=O. The van der Waals surface area contributed by atoms with Crippen molar-refractivity contribution in [3.63, 3.8) is 0 Å². The summed E-state index contributed by atoms with van der Waals surface area (Å²) >= 11 is 0. The number of aromatic hydroxyl groups is 2. The molecule has 3 heterocycles. The van der Waals surface area contributed by atoms with E-state index in [1.54, 1.807) is 0 Å². The molecule has 2 aliphatic heterocycles. The summed E-state index contributed by atoms with van der Waals surface area (Å²) in [5.74, 6) is -4.74. The van der Waals surface area contributed by atoms with Gasteiger partial charge >= 0.3 is 12.1 Å². The number of carboxylic acid groups (broad SMARTS) is 1. The van der Waals surface area contributed by atoms with E-state index in [0.29, 0.717) is 10.5 Å². The minimum absolute atomic E-state index is 0.00899. The number of ether oxygens (including phenoxy) is 1. The zero-order valence-electron chi connectivity index (χ0n) is 25.6. The number of aliphatic carboxylic acids is 1. The molecule has 16 nitrogen and oxygen atoms in total. The number of fused-ring (bicyclic) bond motifs is 1. The standard InChI is InChI=1S/C31H32N4O12S/c1-4-21(36)23(38)9-16(2)13-34-30(44)47-15-31(3)25(29(42)43)35-27(41)20(28(35)48(31,45)46)12-19-11-18(7-8-32-19)26(40)33-14-17-5-6-22(37)24(39)10-17/h4-12,25,28,36-39H,2,13-15H2,1,3H3,(H,33,40)(H,34,44)(H,42,43)/b20-12-,21-4+,23-9+/t25-,28+,31-/m0/s1. The predicted octanol–water partition coefficient (Wildman–Crippen LogP) is 1.80. The fraction of sp³-hybridized carbons (Fsp3) is 0.258. The second-order valence-corrected chi connectivity index (χ2v) is 13.5. The third kappa shape index (κ3) is 6.66. The third-order valence-corrected chi connectivity index (χ3v) is 10.4. The number of allylic oxidation sites excluding steroid dienone is 1. The second-order valence-electron chi connectivity index (χ2n) is 11.0. The first-order valence-electron chi connectivity index (χ1n) is 14.1. The van der Waals surface area contributed by atoms with E-state index in [0.717, 1.165) is 19.1 Å². The number of sulfone groups is 1. The fourth-order valence-electron chi connectivity index (χ4n) is 5.10. The third-order valence-electron chi connectivity index (χ3n) is 7.70. The molecule has 254 valence electrons. The van der Waals surface area contributed by atoms with Crippen LogP contribution in [0.4, 0.5) is 4.79 Å². The van der Waals surface area contributed by atoms with Crippen molar-refractivity contribution in [2.75, 3.05) is 13.2 Å². The van der Waals surface area contributed by atoms with E-state index in [4.69, 9.17) is 4.74 Å². The Balaban J connectivity index is 1.49. The first kappa shape index (κ1) is 35.0. The summed E-state index contributed by atoms with van der Waals surface area (Å²) in [5.41, 5.74) is 0.451. The number of phenolic OH excluding ortho intramolecular Hbond substituents is 2. The molecule has 48 heavy (non-hydrogen) atoms. The molecule has 0 unspecified atom stereocenters. The van der Waals surface area contributed by atoms with Crippen molar-refractivity contribution in [3.05, 3.63) is 94.7 Å². The van der Waals surface area contributed by atoms with Gasteiger partial charge < -0.3 is 45.8 Å². The van der Waals surface area contributed by atoms with Crippen LogP contribution in [-0.4, -0.2) is 97.0 Å². The first-order chi connectivity index (χ1) is 22.5. The van der Waals surface area contributed by atoms with Gasteiger partial charge in [-0.05, 0) is 67.5 Å². The van der Waals surface area contributed by atoms with Crippen LogP contribution in [0.5, 0.6) is 11.5 Å². The molecule has 2 aliphatic rings. The molecule has 4 rings (SSSR count). The molecule has 1 aromatic heterocycles. The normalized spacial score (nSPS) is 22.4. The summed E-state index contributed by atoms with van der Waals surface area (Å²) < 4.78 is 30.3. The number of hydrogen-bond acceptors (Lipinski definition) is 12. The number of aromatic nitrogens is 1. The van der Waals surface area contributed by atoms with E-state index < -0.39 is 68.0 Å². The van der Waals surface area contributed by atoms with Gasteiger partial charge in [-0.2, -0.15) is 0 Å². The molecule has 1 aromatic carbocycles. The molecule has 17 heteroatoms. The van der Waals surface area contributed by atoms with Crippen LogP contribution in [0.2, 0.25) is 0 Å². The number of amides is 3. The number of carboxylic acids is 1. The van der Waals surface area contributed by atoms with Crippen LogP contribution in [0, 0.1) is 0 Å². The monoisotopic (exact) mass is 684 g/mol. The van der Waals surface area contributed by atoms with Crippen LogP contribution in [0.1, 0.15) is 35.5 Å². The van der Waals surface area contributed by atoms with E-state index in [2.05, 4.69) is 22.2 Å². The molecule has 3 amide bonds. The van der Waals surface area contributed by atoms with E-state index in [1.165, 1.54) is 49.5 Å². The van der Waals surface area contributed by atoms with E-state index in [-0.39, 0.29) is 47.0 Å². The lowest BCUT2D eigenvalue weighted by Crippen LogP contribution is -2.59. The molecule has 0 radical (unpaired) electrons. The Morgan fingerprint density at radius 3 is 2.44 bits per heavy atom. The Kier molecular flexibility index (Phi) is 9.84. The van der Waals surface area contributed by atoms with Crippen molar-refractivity contribution in [2.45, 2.75) is 36.6 Å². The van der Waals surface area contributed by atoms with Crippen LogP contribution in [0.3, 0.4) is 0 Å². The number of pyridine rings is 1.